The molecular weight excluding hydrogens is 327 g/mol. The fourth-order valence-corrected chi connectivity index (χ4v) is 5.52. The number of hydrogen-bond donors (Lipinski definition) is 3. The summed E-state index contributed by atoms with van der Waals surface area (Å²) in [5.41, 5.74) is 6.66. The van der Waals surface area contributed by atoms with Gasteiger partial charge in [0.25, 0.3) is 0 Å². The number of hydrogen-bond acceptors (Lipinski definition) is 4. The number of nitrogens with zero attached hydrogens (tertiary/aromatic N) is 1. The Balaban J connectivity index is 2.08. The van der Waals surface area contributed by atoms with Crippen molar-refractivity contribution in [3.63, 3.8) is 0 Å². The molecule has 1 aliphatic heterocycles. The quantitative estimate of drug-likeness (QED) is 0.485. The molecule has 0 spiro atoms. The Bertz CT molecular complexity index is 596. The van der Waals surface area contributed by atoms with Crippen molar-refractivity contribution in [2.45, 2.75) is 30.8 Å². The maximum Gasteiger partial charge on any atom is 0.320 e. The molecule has 2 atom stereocenters. The highest BCUT2D eigenvalue weighted by Gasteiger charge is 2.56. The third-order valence-electron chi connectivity index (χ3n) is 4.88. The first-order chi connectivity index (χ1) is 11.4. The minimum absolute atomic E-state index is 0.0384. The van der Waals surface area contributed by atoms with E-state index in [1.54, 1.807) is 0 Å². The van der Waals surface area contributed by atoms with Gasteiger partial charge in [-0.15, -0.1) is 0 Å². The first-order valence-corrected chi connectivity index (χ1v) is 10.3. The standard InChI is InChI=1S/C17H27N2O4P/c18-10-5-4-9-17(16(20)21)14-19(12-13-24(17,22)23)11-8-15-6-2-1-3-7-15/h1-3,6-7H,4-5,8-14,18H2,(H,20,21)(H,22,23). The second-order valence-electron chi connectivity index (χ2n) is 6.52. The molecule has 0 bridgehead atoms. The molecule has 0 amide bonds. The number of unbranched alkanes of at least 4 members (excludes halogenated alkanes) is 1. The van der Waals surface area contributed by atoms with Crippen LogP contribution in [0.25, 0.3) is 0 Å². The molecule has 1 saturated heterocycles. The summed E-state index contributed by atoms with van der Waals surface area (Å²) in [4.78, 5) is 24.3. The van der Waals surface area contributed by atoms with Crippen molar-refractivity contribution >= 4 is 13.3 Å². The van der Waals surface area contributed by atoms with Gasteiger partial charge in [0.2, 0.25) is 7.37 Å². The molecule has 6 nitrogen and oxygen atoms in total. The largest absolute Gasteiger partial charge is 0.480 e. The second-order valence-corrected chi connectivity index (χ2v) is 9.23. The van der Waals surface area contributed by atoms with Crippen molar-refractivity contribution in [2.24, 2.45) is 5.73 Å². The van der Waals surface area contributed by atoms with Crippen molar-refractivity contribution in [3.8, 4) is 0 Å². The Morgan fingerprint density at radius 1 is 1.29 bits per heavy atom. The fraction of sp³-hybridized carbons (Fsp3) is 0.588. The van der Waals surface area contributed by atoms with E-state index in [-0.39, 0.29) is 19.1 Å². The molecule has 1 aliphatic rings. The van der Waals surface area contributed by atoms with Crippen LogP contribution in [0.4, 0.5) is 0 Å². The van der Waals surface area contributed by atoms with Gasteiger partial charge in [0.1, 0.15) is 0 Å². The third-order valence-corrected chi connectivity index (χ3v) is 7.58. The zero-order valence-corrected chi connectivity index (χ0v) is 14.8. The molecule has 24 heavy (non-hydrogen) atoms. The average molecular weight is 354 g/mol. The van der Waals surface area contributed by atoms with E-state index in [1.807, 2.05) is 35.2 Å². The average Bonchev–Trinajstić information content (AvgIpc) is 2.56. The maximum atomic E-state index is 12.7. The summed E-state index contributed by atoms with van der Waals surface area (Å²) in [5.74, 6) is -1.16. The summed E-state index contributed by atoms with van der Waals surface area (Å²) in [6.07, 6.45) is 2.26. The second kappa shape index (κ2) is 8.26. The zero-order chi connectivity index (χ0) is 17.6. The lowest BCUT2D eigenvalue weighted by molar-refractivity contribution is -0.141. The van der Waals surface area contributed by atoms with Crippen LogP contribution in [0.5, 0.6) is 0 Å². The maximum absolute atomic E-state index is 12.7. The highest BCUT2D eigenvalue weighted by atomic mass is 31.2. The van der Waals surface area contributed by atoms with Gasteiger partial charge in [0.05, 0.1) is 0 Å². The Morgan fingerprint density at radius 2 is 2.00 bits per heavy atom. The highest BCUT2D eigenvalue weighted by molar-refractivity contribution is 7.61. The molecule has 4 N–H and O–H groups in total. The summed E-state index contributed by atoms with van der Waals surface area (Å²) < 4.78 is 12.7. The fourth-order valence-electron chi connectivity index (χ4n) is 3.31. The van der Waals surface area contributed by atoms with Crippen LogP contribution < -0.4 is 5.73 Å². The molecule has 1 aromatic carbocycles. The molecule has 2 unspecified atom stereocenters. The number of carbonyl (C=O) groups is 1. The van der Waals surface area contributed by atoms with Gasteiger partial charge in [0.15, 0.2) is 5.16 Å². The Labute approximate surface area is 143 Å². The zero-order valence-electron chi connectivity index (χ0n) is 13.9. The van der Waals surface area contributed by atoms with Crippen LogP contribution in [-0.4, -0.2) is 58.4 Å². The molecule has 0 aromatic heterocycles. The lowest BCUT2D eigenvalue weighted by atomic mass is 9.99. The van der Waals surface area contributed by atoms with Crippen molar-refractivity contribution in [1.82, 2.24) is 4.90 Å². The lowest BCUT2D eigenvalue weighted by Gasteiger charge is -2.43. The third kappa shape index (κ3) is 4.25. The van der Waals surface area contributed by atoms with Crippen LogP contribution in [-0.2, 0) is 15.8 Å². The summed E-state index contributed by atoms with van der Waals surface area (Å²) in [6.45, 7) is 1.75. The van der Waals surface area contributed by atoms with Gasteiger partial charge < -0.3 is 20.6 Å². The SMILES string of the molecule is NCCCCC1(C(=O)O)CN(CCc2ccccc2)CCP1(=O)O. The van der Waals surface area contributed by atoms with Gasteiger partial charge in [-0.1, -0.05) is 36.8 Å². The molecule has 134 valence electrons. The van der Waals surface area contributed by atoms with Gasteiger partial charge >= 0.3 is 5.97 Å². The Kier molecular flexibility index (Phi) is 6.58. The summed E-state index contributed by atoms with van der Waals surface area (Å²) >= 11 is 0. The van der Waals surface area contributed by atoms with E-state index >= 15 is 0 Å². The van der Waals surface area contributed by atoms with Gasteiger partial charge in [-0.3, -0.25) is 9.36 Å². The highest BCUT2D eigenvalue weighted by Crippen LogP contribution is 2.59. The molecule has 1 heterocycles. The van der Waals surface area contributed by atoms with E-state index in [0.29, 0.717) is 32.5 Å². The van der Waals surface area contributed by atoms with Crippen molar-refractivity contribution in [2.75, 3.05) is 32.3 Å². The Morgan fingerprint density at radius 3 is 2.62 bits per heavy atom. The lowest BCUT2D eigenvalue weighted by Crippen LogP contribution is -2.54. The molecular formula is C17H27N2O4P. The number of benzene rings is 1. The normalized spacial score (nSPS) is 27.9. The van der Waals surface area contributed by atoms with Crippen molar-refractivity contribution in [3.05, 3.63) is 35.9 Å². The molecule has 0 saturated carbocycles. The number of rotatable bonds is 8. The van der Waals surface area contributed by atoms with Gasteiger partial charge in [0, 0.05) is 25.8 Å². The van der Waals surface area contributed by atoms with E-state index in [2.05, 4.69) is 0 Å². The molecule has 2 rings (SSSR count). The number of aliphatic carboxylic acids is 1. The van der Waals surface area contributed by atoms with E-state index < -0.39 is 18.5 Å². The minimum Gasteiger partial charge on any atom is -0.480 e. The van der Waals surface area contributed by atoms with Crippen LogP contribution in [0, 0.1) is 0 Å². The number of carboxylic acids is 1. The van der Waals surface area contributed by atoms with E-state index in [4.69, 9.17) is 5.73 Å². The number of carboxylic acid groups (broad SMARTS) is 1. The molecule has 7 heteroatoms. The first kappa shape index (κ1) is 19.1. The molecule has 0 radical (unpaired) electrons. The van der Waals surface area contributed by atoms with Crippen LogP contribution in [0.1, 0.15) is 24.8 Å². The van der Waals surface area contributed by atoms with Crippen LogP contribution in [0.15, 0.2) is 30.3 Å². The predicted octanol–water partition coefficient (Wildman–Crippen LogP) is 1.77. The van der Waals surface area contributed by atoms with E-state index in [1.165, 1.54) is 5.56 Å². The van der Waals surface area contributed by atoms with Gasteiger partial charge in [-0.2, -0.15) is 0 Å². The van der Waals surface area contributed by atoms with Gasteiger partial charge in [-0.05, 0) is 31.4 Å². The number of nitrogens with two attached hydrogens (primary N) is 1. The van der Waals surface area contributed by atoms with Crippen molar-refractivity contribution in [1.29, 1.82) is 0 Å². The van der Waals surface area contributed by atoms with Crippen LogP contribution in [0.3, 0.4) is 0 Å². The van der Waals surface area contributed by atoms with Crippen LogP contribution in [0.2, 0.25) is 0 Å². The smallest absolute Gasteiger partial charge is 0.320 e. The monoisotopic (exact) mass is 354 g/mol. The van der Waals surface area contributed by atoms with Crippen LogP contribution >= 0.6 is 7.37 Å². The molecule has 1 aromatic rings. The first-order valence-electron chi connectivity index (χ1n) is 8.43. The van der Waals surface area contributed by atoms with Gasteiger partial charge in [-0.25, -0.2) is 0 Å². The summed E-state index contributed by atoms with van der Waals surface area (Å²) in [6, 6.07) is 9.97. The topological polar surface area (TPSA) is 104 Å². The summed E-state index contributed by atoms with van der Waals surface area (Å²) in [5, 5.41) is 8.18. The van der Waals surface area contributed by atoms with E-state index in [9.17, 15) is 19.4 Å². The van der Waals surface area contributed by atoms with E-state index in [0.717, 1.165) is 6.42 Å². The molecule has 0 aliphatic carbocycles. The van der Waals surface area contributed by atoms with Crippen molar-refractivity contribution < 1.29 is 19.4 Å². The summed E-state index contributed by atoms with van der Waals surface area (Å²) in [7, 11) is -3.74. The minimum atomic E-state index is -3.74. The molecule has 1 fully saturated rings. The Hall–Kier alpha value is -1.20. The predicted molar refractivity (Wildman–Crippen MR) is 94.6 cm³/mol.